The molecule has 0 bridgehead atoms. The van der Waals surface area contributed by atoms with Crippen LogP contribution in [0.1, 0.15) is 11.1 Å². The highest BCUT2D eigenvalue weighted by molar-refractivity contribution is 7.80. The van der Waals surface area contributed by atoms with Gasteiger partial charge in [0, 0.05) is 0 Å². The molecule has 4 N–H and O–H groups in total. The molecule has 0 aliphatic carbocycles. The van der Waals surface area contributed by atoms with Crippen LogP contribution in [0.5, 0.6) is 0 Å². The predicted octanol–water partition coefficient (Wildman–Crippen LogP) is 0.239. The zero-order valence-corrected chi connectivity index (χ0v) is 12.4. The van der Waals surface area contributed by atoms with Crippen molar-refractivity contribution < 1.29 is 4.90 Å². The zero-order valence-electron chi connectivity index (χ0n) is 11.6. The van der Waals surface area contributed by atoms with Gasteiger partial charge in [-0.05, 0) is 37.7 Å². The summed E-state index contributed by atoms with van der Waals surface area (Å²) in [6, 6.07) is 6.25. The number of hydrogen-bond donors (Lipinski definition) is 4. The standard InChI is InChI=1S/C13H22N4S/c1-10-5-6-12(11(2)9-10)15-16-13(18)14-7-8-17(3)4/h5-6,9,15H,7-8H2,1-4H3,(H2,14,16,18)/p+1. The van der Waals surface area contributed by atoms with Gasteiger partial charge in [0.25, 0.3) is 0 Å². The molecular formula is C13H23N4S+. The van der Waals surface area contributed by atoms with Gasteiger partial charge in [0.1, 0.15) is 0 Å². The molecular weight excluding hydrogens is 244 g/mol. The van der Waals surface area contributed by atoms with E-state index in [9.17, 15) is 0 Å². The van der Waals surface area contributed by atoms with Crippen molar-refractivity contribution in [1.82, 2.24) is 10.7 Å². The van der Waals surface area contributed by atoms with Crippen LogP contribution in [-0.2, 0) is 0 Å². The van der Waals surface area contributed by atoms with Gasteiger partial charge in [-0.15, -0.1) is 0 Å². The van der Waals surface area contributed by atoms with Crippen LogP contribution < -0.4 is 21.1 Å². The topological polar surface area (TPSA) is 40.5 Å². The van der Waals surface area contributed by atoms with Crippen LogP contribution in [0.3, 0.4) is 0 Å². The largest absolute Gasteiger partial charge is 0.356 e. The van der Waals surface area contributed by atoms with Crippen molar-refractivity contribution in [1.29, 1.82) is 0 Å². The van der Waals surface area contributed by atoms with Gasteiger partial charge in [-0.25, -0.2) is 0 Å². The first-order valence-electron chi connectivity index (χ1n) is 6.15. The summed E-state index contributed by atoms with van der Waals surface area (Å²) in [6.07, 6.45) is 0. The number of hydrazine groups is 1. The van der Waals surface area contributed by atoms with Gasteiger partial charge in [-0.2, -0.15) is 0 Å². The van der Waals surface area contributed by atoms with Crippen molar-refractivity contribution in [3.63, 3.8) is 0 Å². The van der Waals surface area contributed by atoms with Crippen molar-refractivity contribution in [3.8, 4) is 0 Å². The SMILES string of the molecule is Cc1ccc(NNC(=S)NCC[NH+](C)C)c(C)c1. The molecule has 0 aliphatic heterocycles. The van der Waals surface area contributed by atoms with E-state index in [2.05, 4.69) is 56.2 Å². The van der Waals surface area contributed by atoms with E-state index in [-0.39, 0.29) is 0 Å². The highest BCUT2D eigenvalue weighted by Gasteiger charge is 1.99. The van der Waals surface area contributed by atoms with Crippen molar-refractivity contribution in [2.45, 2.75) is 13.8 Å². The summed E-state index contributed by atoms with van der Waals surface area (Å²) >= 11 is 5.18. The molecule has 0 spiro atoms. The molecule has 0 aliphatic rings. The Bertz CT molecular complexity index is 404. The number of hydrogen-bond acceptors (Lipinski definition) is 2. The smallest absolute Gasteiger partial charge is 0.185 e. The Kier molecular flexibility index (Phi) is 5.88. The number of thiocarbonyl (C=S) groups is 1. The van der Waals surface area contributed by atoms with Crippen molar-refractivity contribution in [3.05, 3.63) is 29.3 Å². The van der Waals surface area contributed by atoms with Crippen LogP contribution in [0.25, 0.3) is 0 Å². The Morgan fingerprint density at radius 1 is 1.28 bits per heavy atom. The number of aryl methyl sites for hydroxylation is 2. The van der Waals surface area contributed by atoms with Crippen LogP contribution in [0, 0.1) is 13.8 Å². The molecule has 1 aromatic rings. The van der Waals surface area contributed by atoms with E-state index in [1.165, 1.54) is 16.0 Å². The minimum atomic E-state index is 0.622. The van der Waals surface area contributed by atoms with E-state index in [1.54, 1.807) is 0 Å². The van der Waals surface area contributed by atoms with Crippen LogP contribution in [-0.4, -0.2) is 32.3 Å². The molecule has 0 fully saturated rings. The van der Waals surface area contributed by atoms with Crippen LogP contribution in [0.2, 0.25) is 0 Å². The quantitative estimate of drug-likeness (QED) is 0.456. The Balaban J connectivity index is 2.33. The molecule has 1 rings (SSSR count). The number of nitrogens with one attached hydrogen (secondary N) is 4. The molecule has 0 heterocycles. The van der Waals surface area contributed by atoms with E-state index in [0.29, 0.717) is 5.11 Å². The second-order valence-electron chi connectivity index (χ2n) is 4.78. The second kappa shape index (κ2) is 7.18. The van der Waals surface area contributed by atoms with Gasteiger partial charge in [0.05, 0.1) is 32.9 Å². The zero-order chi connectivity index (χ0) is 13.5. The number of benzene rings is 1. The minimum Gasteiger partial charge on any atom is -0.356 e. The summed E-state index contributed by atoms with van der Waals surface area (Å²) in [5.74, 6) is 0. The average Bonchev–Trinajstić information content (AvgIpc) is 2.27. The molecule has 0 saturated carbocycles. The molecule has 18 heavy (non-hydrogen) atoms. The Morgan fingerprint density at radius 2 is 2.00 bits per heavy atom. The lowest BCUT2D eigenvalue weighted by Gasteiger charge is -2.15. The third-order valence-electron chi connectivity index (χ3n) is 2.60. The van der Waals surface area contributed by atoms with Gasteiger partial charge in [-0.3, -0.25) is 10.9 Å². The Morgan fingerprint density at radius 3 is 2.61 bits per heavy atom. The summed E-state index contributed by atoms with van der Waals surface area (Å²) in [7, 11) is 4.23. The van der Waals surface area contributed by atoms with Gasteiger partial charge >= 0.3 is 0 Å². The summed E-state index contributed by atoms with van der Waals surface area (Å²) in [4.78, 5) is 1.40. The van der Waals surface area contributed by atoms with E-state index in [1.807, 2.05) is 6.07 Å². The van der Waals surface area contributed by atoms with Crippen LogP contribution in [0.4, 0.5) is 5.69 Å². The van der Waals surface area contributed by atoms with Crippen LogP contribution >= 0.6 is 12.2 Å². The second-order valence-corrected chi connectivity index (χ2v) is 5.19. The maximum atomic E-state index is 5.18. The third kappa shape index (κ3) is 5.33. The summed E-state index contributed by atoms with van der Waals surface area (Å²) in [5, 5.41) is 3.77. The summed E-state index contributed by atoms with van der Waals surface area (Å²) < 4.78 is 0. The minimum absolute atomic E-state index is 0.622. The lowest BCUT2D eigenvalue weighted by atomic mass is 10.1. The van der Waals surface area contributed by atoms with Crippen molar-refractivity contribution in [2.75, 3.05) is 32.6 Å². The molecule has 4 nitrogen and oxygen atoms in total. The Labute approximate surface area is 115 Å². The molecule has 0 amide bonds. The highest BCUT2D eigenvalue weighted by Crippen LogP contribution is 2.14. The number of quaternary nitrogens is 1. The van der Waals surface area contributed by atoms with E-state index in [4.69, 9.17) is 12.2 Å². The molecule has 0 saturated heterocycles. The normalized spacial score (nSPS) is 10.3. The first-order chi connectivity index (χ1) is 8.49. The van der Waals surface area contributed by atoms with Gasteiger partial charge in [-0.1, -0.05) is 17.7 Å². The monoisotopic (exact) mass is 267 g/mol. The third-order valence-corrected chi connectivity index (χ3v) is 2.85. The van der Waals surface area contributed by atoms with Gasteiger partial charge < -0.3 is 10.2 Å². The van der Waals surface area contributed by atoms with E-state index >= 15 is 0 Å². The molecule has 0 radical (unpaired) electrons. The fraction of sp³-hybridized carbons (Fsp3) is 0.462. The Hall–Kier alpha value is -1.33. The van der Waals surface area contributed by atoms with E-state index in [0.717, 1.165) is 18.8 Å². The number of likely N-dealkylation sites (N-methyl/N-ethyl adjacent to an activating group) is 1. The molecule has 0 aromatic heterocycles. The van der Waals surface area contributed by atoms with Gasteiger partial charge in [0.15, 0.2) is 5.11 Å². The maximum absolute atomic E-state index is 5.18. The first-order valence-corrected chi connectivity index (χ1v) is 6.56. The molecule has 0 unspecified atom stereocenters. The summed E-state index contributed by atoms with van der Waals surface area (Å²) in [5.41, 5.74) is 9.61. The highest BCUT2D eigenvalue weighted by atomic mass is 32.1. The number of rotatable bonds is 5. The van der Waals surface area contributed by atoms with Crippen LogP contribution in [0.15, 0.2) is 18.2 Å². The fourth-order valence-electron chi connectivity index (χ4n) is 1.55. The molecule has 0 atom stereocenters. The molecule has 1 aromatic carbocycles. The fourth-order valence-corrected chi connectivity index (χ4v) is 1.70. The van der Waals surface area contributed by atoms with Crippen molar-refractivity contribution in [2.24, 2.45) is 0 Å². The molecule has 100 valence electrons. The lowest BCUT2D eigenvalue weighted by molar-refractivity contribution is -0.856. The molecule has 5 heteroatoms. The van der Waals surface area contributed by atoms with Crippen molar-refractivity contribution >= 4 is 23.0 Å². The average molecular weight is 267 g/mol. The first kappa shape index (κ1) is 14.7. The maximum Gasteiger partial charge on any atom is 0.185 e. The van der Waals surface area contributed by atoms with E-state index < -0.39 is 0 Å². The summed E-state index contributed by atoms with van der Waals surface area (Å²) in [6.45, 7) is 6.05. The number of anilines is 1. The predicted molar refractivity (Wildman–Crippen MR) is 81.0 cm³/mol. The lowest BCUT2D eigenvalue weighted by Crippen LogP contribution is -3.06. The van der Waals surface area contributed by atoms with Gasteiger partial charge in [0.2, 0.25) is 0 Å².